The highest BCUT2D eigenvalue weighted by Gasteiger charge is 2.19. The minimum absolute atomic E-state index is 0.0295. The van der Waals surface area contributed by atoms with Crippen LogP contribution in [0.2, 0.25) is 0 Å². The van der Waals surface area contributed by atoms with Crippen LogP contribution in [0.5, 0.6) is 5.75 Å². The standard InChI is InChI=1S/C19H20FNO4/c1-12-8-13(2)10-15(9-12)24-11-18(22)25-14(3)19(23)21-17-7-5-4-6-16(17)20/h4-10,14H,11H2,1-3H3,(H,21,23)/t14-/m1/s1. The molecule has 0 saturated carbocycles. The van der Waals surface area contributed by atoms with Crippen molar-refractivity contribution in [2.45, 2.75) is 26.9 Å². The molecule has 0 aliphatic carbocycles. The number of anilines is 1. The van der Waals surface area contributed by atoms with Crippen molar-refractivity contribution in [1.82, 2.24) is 0 Å². The topological polar surface area (TPSA) is 64.6 Å². The van der Waals surface area contributed by atoms with E-state index in [1.54, 1.807) is 18.2 Å². The minimum Gasteiger partial charge on any atom is -0.482 e. The summed E-state index contributed by atoms with van der Waals surface area (Å²) >= 11 is 0. The average molecular weight is 345 g/mol. The zero-order valence-corrected chi connectivity index (χ0v) is 14.3. The van der Waals surface area contributed by atoms with Crippen LogP contribution in [-0.2, 0) is 14.3 Å². The number of benzene rings is 2. The number of amides is 1. The van der Waals surface area contributed by atoms with Gasteiger partial charge in [-0.05, 0) is 56.2 Å². The molecule has 0 unspecified atom stereocenters. The normalized spacial score (nSPS) is 11.5. The molecule has 1 N–H and O–H groups in total. The van der Waals surface area contributed by atoms with E-state index in [9.17, 15) is 14.0 Å². The van der Waals surface area contributed by atoms with Crippen molar-refractivity contribution in [2.24, 2.45) is 0 Å². The first kappa shape index (κ1) is 18.4. The molecule has 2 aromatic carbocycles. The van der Waals surface area contributed by atoms with E-state index < -0.39 is 23.8 Å². The summed E-state index contributed by atoms with van der Waals surface area (Å²) in [6, 6.07) is 11.3. The summed E-state index contributed by atoms with van der Waals surface area (Å²) in [6.45, 7) is 4.94. The number of hydrogen-bond donors (Lipinski definition) is 1. The number of carbonyl (C=O) groups is 2. The third-order valence-electron chi connectivity index (χ3n) is 3.36. The lowest BCUT2D eigenvalue weighted by Crippen LogP contribution is -2.31. The summed E-state index contributed by atoms with van der Waals surface area (Å²) < 4.78 is 23.9. The van der Waals surface area contributed by atoms with E-state index >= 15 is 0 Å². The number of ether oxygens (including phenoxy) is 2. The predicted octanol–water partition coefficient (Wildman–Crippen LogP) is 3.39. The minimum atomic E-state index is -1.07. The van der Waals surface area contributed by atoms with E-state index in [0.29, 0.717) is 5.75 Å². The smallest absolute Gasteiger partial charge is 0.344 e. The number of halogens is 1. The predicted molar refractivity (Wildman–Crippen MR) is 92.0 cm³/mol. The van der Waals surface area contributed by atoms with Gasteiger partial charge in [-0.15, -0.1) is 0 Å². The van der Waals surface area contributed by atoms with Gasteiger partial charge >= 0.3 is 5.97 Å². The first-order valence-corrected chi connectivity index (χ1v) is 7.81. The lowest BCUT2D eigenvalue weighted by molar-refractivity contribution is -0.155. The van der Waals surface area contributed by atoms with E-state index in [4.69, 9.17) is 9.47 Å². The second-order valence-corrected chi connectivity index (χ2v) is 5.71. The third-order valence-corrected chi connectivity index (χ3v) is 3.36. The summed E-state index contributed by atoms with van der Waals surface area (Å²) in [5, 5.41) is 2.37. The molecule has 132 valence electrons. The van der Waals surface area contributed by atoms with Gasteiger partial charge in [0.2, 0.25) is 0 Å². The second-order valence-electron chi connectivity index (χ2n) is 5.71. The van der Waals surface area contributed by atoms with Gasteiger partial charge in [0.1, 0.15) is 11.6 Å². The van der Waals surface area contributed by atoms with Gasteiger partial charge in [-0.2, -0.15) is 0 Å². The Bertz CT molecular complexity index is 756. The summed E-state index contributed by atoms with van der Waals surface area (Å²) in [6.07, 6.45) is -1.07. The molecule has 0 aromatic heterocycles. The van der Waals surface area contributed by atoms with E-state index in [1.807, 2.05) is 19.9 Å². The first-order chi connectivity index (χ1) is 11.8. The van der Waals surface area contributed by atoms with Crippen LogP contribution in [0, 0.1) is 19.7 Å². The number of esters is 1. The second kappa shape index (κ2) is 8.28. The maximum absolute atomic E-state index is 13.5. The molecular formula is C19H20FNO4. The lowest BCUT2D eigenvalue weighted by atomic mass is 10.1. The molecule has 1 atom stereocenters. The van der Waals surface area contributed by atoms with Crippen molar-refractivity contribution in [2.75, 3.05) is 11.9 Å². The van der Waals surface area contributed by atoms with Crippen LogP contribution < -0.4 is 10.1 Å². The van der Waals surface area contributed by atoms with Crippen molar-refractivity contribution in [3.63, 3.8) is 0 Å². The monoisotopic (exact) mass is 345 g/mol. The van der Waals surface area contributed by atoms with Crippen LogP contribution in [0.4, 0.5) is 10.1 Å². The third kappa shape index (κ3) is 5.60. The molecule has 5 nitrogen and oxygen atoms in total. The molecule has 0 aliphatic heterocycles. The van der Waals surface area contributed by atoms with Crippen LogP contribution in [0.15, 0.2) is 42.5 Å². The SMILES string of the molecule is Cc1cc(C)cc(OCC(=O)O[C@H](C)C(=O)Nc2ccccc2F)c1. The maximum Gasteiger partial charge on any atom is 0.344 e. The zero-order chi connectivity index (χ0) is 18.4. The van der Waals surface area contributed by atoms with Gasteiger partial charge in [-0.25, -0.2) is 9.18 Å². The Labute approximate surface area is 145 Å². The molecule has 0 bridgehead atoms. The number of carbonyl (C=O) groups excluding carboxylic acids is 2. The van der Waals surface area contributed by atoms with Gasteiger partial charge < -0.3 is 14.8 Å². The number of rotatable bonds is 6. The Morgan fingerprint density at radius 1 is 1.12 bits per heavy atom. The maximum atomic E-state index is 13.5. The molecular weight excluding hydrogens is 325 g/mol. The Morgan fingerprint density at radius 3 is 2.40 bits per heavy atom. The van der Waals surface area contributed by atoms with Crippen LogP contribution >= 0.6 is 0 Å². The van der Waals surface area contributed by atoms with E-state index in [0.717, 1.165) is 11.1 Å². The Kier molecular flexibility index (Phi) is 6.11. The van der Waals surface area contributed by atoms with E-state index in [2.05, 4.69) is 5.32 Å². The fourth-order valence-corrected chi connectivity index (χ4v) is 2.24. The molecule has 0 aliphatic rings. The molecule has 2 aromatic rings. The molecule has 0 spiro atoms. The average Bonchev–Trinajstić information content (AvgIpc) is 2.54. The highest BCUT2D eigenvalue weighted by molar-refractivity contribution is 5.95. The Morgan fingerprint density at radius 2 is 1.76 bits per heavy atom. The highest BCUT2D eigenvalue weighted by Crippen LogP contribution is 2.16. The van der Waals surface area contributed by atoms with Crippen molar-refractivity contribution in [3.05, 3.63) is 59.4 Å². The molecule has 1 amide bonds. The number of para-hydroxylation sites is 1. The van der Waals surface area contributed by atoms with E-state index in [-0.39, 0.29) is 12.3 Å². The van der Waals surface area contributed by atoms with Gasteiger partial charge in [0.05, 0.1) is 5.69 Å². The molecule has 2 rings (SSSR count). The van der Waals surface area contributed by atoms with E-state index in [1.165, 1.54) is 25.1 Å². The fourth-order valence-electron chi connectivity index (χ4n) is 2.24. The van der Waals surface area contributed by atoms with Crippen molar-refractivity contribution in [3.8, 4) is 5.75 Å². The van der Waals surface area contributed by atoms with Crippen LogP contribution in [-0.4, -0.2) is 24.6 Å². The molecule has 6 heteroatoms. The summed E-state index contributed by atoms with van der Waals surface area (Å²) in [7, 11) is 0. The summed E-state index contributed by atoms with van der Waals surface area (Å²) in [4.78, 5) is 23.8. The van der Waals surface area contributed by atoms with Crippen molar-refractivity contribution < 1.29 is 23.5 Å². The largest absolute Gasteiger partial charge is 0.482 e. The fraction of sp³-hybridized carbons (Fsp3) is 0.263. The van der Waals surface area contributed by atoms with Crippen LogP contribution in [0.25, 0.3) is 0 Å². The van der Waals surface area contributed by atoms with Gasteiger partial charge in [-0.3, -0.25) is 4.79 Å². The van der Waals surface area contributed by atoms with Crippen molar-refractivity contribution in [1.29, 1.82) is 0 Å². The Hall–Kier alpha value is -2.89. The quantitative estimate of drug-likeness (QED) is 0.815. The summed E-state index contributed by atoms with van der Waals surface area (Å²) in [5.41, 5.74) is 2.06. The molecule has 0 fully saturated rings. The molecule has 25 heavy (non-hydrogen) atoms. The highest BCUT2D eigenvalue weighted by atomic mass is 19.1. The van der Waals surface area contributed by atoms with Gasteiger partial charge in [0, 0.05) is 0 Å². The molecule has 0 saturated heterocycles. The van der Waals surface area contributed by atoms with Gasteiger partial charge in [-0.1, -0.05) is 18.2 Å². The summed E-state index contributed by atoms with van der Waals surface area (Å²) in [5.74, 6) is -1.31. The Balaban J connectivity index is 1.85. The lowest BCUT2D eigenvalue weighted by Gasteiger charge is -2.14. The van der Waals surface area contributed by atoms with Crippen molar-refractivity contribution >= 4 is 17.6 Å². The number of nitrogens with one attached hydrogen (secondary N) is 1. The molecule has 0 radical (unpaired) electrons. The first-order valence-electron chi connectivity index (χ1n) is 7.81. The van der Waals surface area contributed by atoms with Crippen LogP contribution in [0.1, 0.15) is 18.1 Å². The van der Waals surface area contributed by atoms with Gasteiger partial charge in [0.25, 0.3) is 5.91 Å². The number of aryl methyl sites for hydroxylation is 2. The number of hydrogen-bond acceptors (Lipinski definition) is 4. The van der Waals surface area contributed by atoms with Gasteiger partial charge in [0.15, 0.2) is 12.7 Å². The zero-order valence-electron chi connectivity index (χ0n) is 14.3. The molecule has 0 heterocycles. The van der Waals surface area contributed by atoms with Crippen LogP contribution in [0.3, 0.4) is 0 Å².